The molecule has 5 nitrogen and oxygen atoms in total. The number of nitrogen functional groups attached to an aromatic ring is 1. The van der Waals surface area contributed by atoms with E-state index in [4.69, 9.17) is 10.5 Å². The quantitative estimate of drug-likeness (QED) is 0.335. The Bertz CT molecular complexity index is 1490. The summed E-state index contributed by atoms with van der Waals surface area (Å²) in [7, 11) is 0. The maximum atomic E-state index is 14.2. The monoisotopic (exact) mass is 482 g/mol. The van der Waals surface area contributed by atoms with Gasteiger partial charge in [0.05, 0.1) is 6.42 Å². The second-order valence-corrected chi connectivity index (χ2v) is 10.1. The van der Waals surface area contributed by atoms with Crippen LogP contribution in [0, 0.1) is 5.82 Å². The van der Waals surface area contributed by atoms with Crippen molar-refractivity contribution in [2.24, 2.45) is 0 Å². The summed E-state index contributed by atoms with van der Waals surface area (Å²) in [6.45, 7) is 0. The Morgan fingerprint density at radius 2 is 1.83 bits per heavy atom. The summed E-state index contributed by atoms with van der Waals surface area (Å²) in [6.07, 6.45) is 6.58. The molecule has 1 aromatic heterocycles. The molecule has 4 aromatic rings. The summed E-state index contributed by atoms with van der Waals surface area (Å²) in [4.78, 5) is 15.6. The van der Waals surface area contributed by atoms with E-state index in [2.05, 4.69) is 35.3 Å². The van der Waals surface area contributed by atoms with Crippen LogP contribution in [0.25, 0.3) is 21.9 Å². The van der Waals surface area contributed by atoms with E-state index in [1.807, 2.05) is 12.1 Å². The summed E-state index contributed by atoms with van der Waals surface area (Å²) >= 11 is 0. The van der Waals surface area contributed by atoms with E-state index in [1.165, 1.54) is 36.6 Å². The number of anilines is 1. The number of nitrogens with zero attached hydrogens (tertiary/aromatic N) is 1. The normalized spacial score (nSPS) is 18.0. The maximum Gasteiger partial charge on any atom is 0.307 e. The minimum Gasteiger partial charge on any atom is -0.485 e. The smallest absolute Gasteiger partial charge is 0.307 e. The van der Waals surface area contributed by atoms with Gasteiger partial charge in [0.15, 0.2) is 0 Å². The molecule has 0 amide bonds. The standard InChI is InChI=1S/C30H27FN2O3/c31-22-7-5-21(15-28(34)35)26(16-22)36-27-17-30(10-1-2-11-30)25-8-6-20(14-24(25)27)19-4-3-18-9-12-33-29(32)23(18)13-19/h3-9,12-14,16,27H,1-2,10-11,15,17H2,(H2,32,33)(H,34,35). The van der Waals surface area contributed by atoms with Crippen LogP contribution in [-0.2, 0) is 16.6 Å². The number of rotatable bonds is 5. The molecule has 1 saturated carbocycles. The predicted molar refractivity (Wildman–Crippen MR) is 137 cm³/mol. The van der Waals surface area contributed by atoms with Crippen molar-refractivity contribution in [3.05, 3.63) is 89.4 Å². The molecule has 2 aliphatic rings. The Morgan fingerprint density at radius 1 is 1.06 bits per heavy atom. The molecular formula is C30H27FN2O3. The second kappa shape index (κ2) is 8.63. The van der Waals surface area contributed by atoms with E-state index in [0.29, 0.717) is 17.1 Å². The average Bonchev–Trinajstić information content (AvgIpc) is 3.45. The minimum atomic E-state index is -0.974. The lowest BCUT2D eigenvalue weighted by Gasteiger charge is -2.25. The maximum absolute atomic E-state index is 14.2. The van der Waals surface area contributed by atoms with Gasteiger partial charge < -0.3 is 15.6 Å². The van der Waals surface area contributed by atoms with Gasteiger partial charge in [-0.2, -0.15) is 0 Å². The summed E-state index contributed by atoms with van der Waals surface area (Å²) in [5.74, 6) is -0.612. The zero-order valence-electron chi connectivity index (χ0n) is 19.8. The predicted octanol–water partition coefficient (Wildman–Crippen LogP) is 6.59. The first-order valence-electron chi connectivity index (χ1n) is 12.4. The highest BCUT2D eigenvalue weighted by atomic mass is 19.1. The van der Waals surface area contributed by atoms with Crippen LogP contribution < -0.4 is 10.5 Å². The van der Waals surface area contributed by atoms with E-state index in [1.54, 1.807) is 6.20 Å². The van der Waals surface area contributed by atoms with Gasteiger partial charge in [0.2, 0.25) is 0 Å². The number of carboxylic acid groups (broad SMARTS) is 1. The average molecular weight is 483 g/mol. The lowest BCUT2D eigenvalue weighted by atomic mass is 9.80. The van der Waals surface area contributed by atoms with E-state index < -0.39 is 11.8 Å². The Labute approximate surface area is 208 Å². The minimum absolute atomic E-state index is 0.0521. The molecular weight excluding hydrogens is 455 g/mol. The summed E-state index contributed by atoms with van der Waals surface area (Å²) < 4.78 is 20.6. The number of hydrogen-bond acceptors (Lipinski definition) is 4. The highest BCUT2D eigenvalue weighted by Gasteiger charge is 2.46. The number of ether oxygens (including phenoxy) is 1. The second-order valence-electron chi connectivity index (χ2n) is 10.1. The molecule has 0 bridgehead atoms. The number of aliphatic carboxylic acids is 1. The number of pyridine rings is 1. The van der Waals surface area contributed by atoms with Crippen molar-refractivity contribution >= 4 is 22.6 Å². The zero-order chi connectivity index (χ0) is 24.9. The summed E-state index contributed by atoms with van der Waals surface area (Å²) in [6, 6.07) is 18.8. The lowest BCUT2D eigenvalue weighted by Crippen LogP contribution is -2.19. The molecule has 1 heterocycles. The number of carboxylic acids is 1. The number of aromatic nitrogens is 1. The van der Waals surface area contributed by atoms with Gasteiger partial charge in [0.25, 0.3) is 0 Å². The Kier molecular flexibility index (Phi) is 5.40. The van der Waals surface area contributed by atoms with Crippen LogP contribution in [0.1, 0.15) is 54.9 Å². The zero-order valence-corrected chi connectivity index (χ0v) is 19.8. The van der Waals surface area contributed by atoms with Crippen LogP contribution in [0.3, 0.4) is 0 Å². The molecule has 6 heteroatoms. The van der Waals surface area contributed by atoms with Gasteiger partial charge in [-0.1, -0.05) is 43.2 Å². The molecule has 3 N–H and O–H groups in total. The van der Waals surface area contributed by atoms with Crippen LogP contribution in [-0.4, -0.2) is 16.1 Å². The molecule has 1 atom stereocenters. The number of hydrogen-bond donors (Lipinski definition) is 2. The van der Waals surface area contributed by atoms with Crippen molar-refractivity contribution in [1.29, 1.82) is 0 Å². The van der Waals surface area contributed by atoms with Crippen molar-refractivity contribution in [3.63, 3.8) is 0 Å². The van der Waals surface area contributed by atoms with Crippen molar-refractivity contribution in [2.45, 2.75) is 50.0 Å². The van der Waals surface area contributed by atoms with E-state index in [0.717, 1.165) is 46.7 Å². The van der Waals surface area contributed by atoms with Gasteiger partial charge in [0, 0.05) is 23.2 Å². The van der Waals surface area contributed by atoms with Crippen LogP contribution in [0.5, 0.6) is 5.75 Å². The van der Waals surface area contributed by atoms with Crippen molar-refractivity contribution < 1.29 is 19.0 Å². The molecule has 6 rings (SSSR count). The largest absolute Gasteiger partial charge is 0.485 e. The molecule has 2 aliphatic carbocycles. The van der Waals surface area contributed by atoms with Gasteiger partial charge in [-0.05, 0) is 76.6 Å². The fraction of sp³-hybridized carbons (Fsp3) is 0.267. The molecule has 0 aliphatic heterocycles. The molecule has 0 radical (unpaired) electrons. The first-order chi connectivity index (χ1) is 17.4. The third-order valence-corrected chi connectivity index (χ3v) is 7.88. The van der Waals surface area contributed by atoms with Crippen molar-refractivity contribution in [3.8, 4) is 16.9 Å². The van der Waals surface area contributed by atoms with Gasteiger partial charge in [-0.3, -0.25) is 4.79 Å². The summed E-state index contributed by atoms with van der Waals surface area (Å²) in [5, 5.41) is 11.3. The van der Waals surface area contributed by atoms with E-state index >= 15 is 0 Å². The first-order valence-corrected chi connectivity index (χ1v) is 12.4. The van der Waals surface area contributed by atoms with E-state index in [9.17, 15) is 14.3 Å². The third-order valence-electron chi connectivity index (χ3n) is 7.88. The molecule has 3 aromatic carbocycles. The molecule has 1 spiro atoms. The lowest BCUT2D eigenvalue weighted by molar-refractivity contribution is -0.136. The topological polar surface area (TPSA) is 85.4 Å². The third kappa shape index (κ3) is 3.87. The highest BCUT2D eigenvalue weighted by molar-refractivity contribution is 5.94. The number of fused-ring (bicyclic) bond motifs is 3. The van der Waals surface area contributed by atoms with Gasteiger partial charge >= 0.3 is 5.97 Å². The van der Waals surface area contributed by atoms with Gasteiger partial charge in [-0.15, -0.1) is 0 Å². The molecule has 1 unspecified atom stereocenters. The highest BCUT2D eigenvalue weighted by Crippen LogP contribution is 2.55. The Balaban J connectivity index is 1.43. The van der Waals surface area contributed by atoms with Crippen molar-refractivity contribution in [2.75, 3.05) is 5.73 Å². The fourth-order valence-corrected chi connectivity index (χ4v) is 6.17. The molecule has 0 saturated heterocycles. The number of benzene rings is 3. The van der Waals surface area contributed by atoms with Crippen LogP contribution in [0.15, 0.2) is 66.9 Å². The first kappa shape index (κ1) is 22.5. The van der Waals surface area contributed by atoms with Crippen LogP contribution >= 0.6 is 0 Å². The van der Waals surface area contributed by atoms with E-state index in [-0.39, 0.29) is 17.9 Å². The number of halogens is 1. The number of carbonyl (C=O) groups is 1. The van der Waals surface area contributed by atoms with Gasteiger partial charge in [0.1, 0.15) is 23.5 Å². The Morgan fingerprint density at radius 3 is 2.64 bits per heavy atom. The van der Waals surface area contributed by atoms with Crippen molar-refractivity contribution in [1.82, 2.24) is 4.98 Å². The SMILES string of the molecule is Nc1nccc2ccc(-c3ccc4c(c3)C(Oc3cc(F)ccc3CC(=O)O)CC43CCCC3)cc12. The molecule has 1 fully saturated rings. The van der Waals surface area contributed by atoms with Crippen LogP contribution in [0.2, 0.25) is 0 Å². The fourth-order valence-electron chi connectivity index (χ4n) is 6.17. The van der Waals surface area contributed by atoms with Gasteiger partial charge in [-0.25, -0.2) is 9.37 Å². The summed E-state index contributed by atoms with van der Waals surface area (Å²) in [5.41, 5.74) is 11.1. The molecule has 36 heavy (non-hydrogen) atoms. The molecule has 182 valence electrons. The Hall–Kier alpha value is -3.93. The number of nitrogens with two attached hydrogens (primary N) is 1. The van der Waals surface area contributed by atoms with Crippen LogP contribution in [0.4, 0.5) is 10.2 Å².